The van der Waals surface area contributed by atoms with Crippen LogP contribution in [0.25, 0.3) is 0 Å². The number of nitrogens with two attached hydrogens (primary N) is 1. The molecule has 0 spiro atoms. The fourth-order valence-electron chi connectivity index (χ4n) is 2.99. The zero-order chi connectivity index (χ0) is 19.1. The molecule has 0 bridgehead atoms. The van der Waals surface area contributed by atoms with Gasteiger partial charge in [0, 0.05) is 30.8 Å². The number of halogens is 1. The van der Waals surface area contributed by atoms with Gasteiger partial charge < -0.3 is 21.1 Å². The van der Waals surface area contributed by atoms with Gasteiger partial charge in [0.05, 0.1) is 6.61 Å². The molecule has 1 aliphatic rings. The van der Waals surface area contributed by atoms with E-state index in [0.717, 1.165) is 41.1 Å². The summed E-state index contributed by atoms with van der Waals surface area (Å²) in [5, 5.41) is 5.77. The van der Waals surface area contributed by atoms with E-state index in [4.69, 9.17) is 10.5 Å². The summed E-state index contributed by atoms with van der Waals surface area (Å²) in [7, 11) is 0. The summed E-state index contributed by atoms with van der Waals surface area (Å²) in [5.41, 5.74) is 9.50. The van der Waals surface area contributed by atoms with Gasteiger partial charge >= 0.3 is 0 Å². The number of carbonyl (C=O) groups is 2. The molecule has 2 aromatic rings. The predicted octanol–water partition coefficient (Wildman–Crippen LogP) is 3.09. The third-order valence-electron chi connectivity index (χ3n) is 4.50. The van der Waals surface area contributed by atoms with Gasteiger partial charge in [0.2, 0.25) is 11.8 Å². The Hall–Kier alpha value is -2.73. The van der Waals surface area contributed by atoms with E-state index in [1.165, 1.54) is 0 Å². The molecule has 7 heteroatoms. The summed E-state index contributed by atoms with van der Waals surface area (Å²) in [4.78, 5) is 23.3. The summed E-state index contributed by atoms with van der Waals surface area (Å²) in [6, 6.07) is 13.3. The lowest BCUT2D eigenvalue weighted by Gasteiger charge is -2.17. The average molecular weight is 404 g/mol. The highest BCUT2D eigenvalue weighted by molar-refractivity contribution is 5.94. The minimum Gasteiger partial charge on any atom is -0.494 e. The van der Waals surface area contributed by atoms with Crippen LogP contribution in [0.3, 0.4) is 0 Å². The second-order valence-corrected chi connectivity index (χ2v) is 6.66. The van der Waals surface area contributed by atoms with Crippen molar-refractivity contribution in [1.29, 1.82) is 0 Å². The van der Waals surface area contributed by atoms with Crippen molar-refractivity contribution in [3.8, 4) is 5.75 Å². The predicted molar refractivity (Wildman–Crippen MR) is 113 cm³/mol. The second-order valence-electron chi connectivity index (χ2n) is 6.66. The van der Waals surface area contributed by atoms with Crippen molar-refractivity contribution in [1.82, 2.24) is 5.32 Å². The fourth-order valence-corrected chi connectivity index (χ4v) is 2.99. The second kappa shape index (κ2) is 10.6. The average Bonchev–Trinajstić information content (AvgIpc) is 2.67. The molecule has 6 nitrogen and oxygen atoms in total. The van der Waals surface area contributed by atoms with E-state index in [-0.39, 0.29) is 24.2 Å². The van der Waals surface area contributed by atoms with Crippen LogP contribution in [0, 0.1) is 0 Å². The summed E-state index contributed by atoms with van der Waals surface area (Å²) in [6.07, 6.45) is 3.11. The molecule has 2 amide bonds. The molecule has 28 heavy (non-hydrogen) atoms. The van der Waals surface area contributed by atoms with Crippen molar-refractivity contribution in [2.45, 2.75) is 32.1 Å². The largest absolute Gasteiger partial charge is 0.494 e. The highest BCUT2D eigenvalue weighted by atomic mass is 35.5. The van der Waals surface area contributed by atoms with Crippen molar-refractivity contribution < 1.29 is 14.3 Å². The first-order chi connectivity index (χ1) is 13.1. The summed E-state index contributed by atoms with van der Waals surface area (Å²) < 4.78 is 5.73. The third kappa shape index (κ3) is 6.46. The Morgan fingerprint density at radius 2 is 1.93 bits per heavy atom. The number of fused-ring (bicyclic) bond motifs is 1. The number of anilines is 2. The van der Waals surface area contributed by atoms with Gasteiger partial charge in [-0.3, -0.25) is 9.59 Å². The number of rotatable bonds is 8. The Balaban J connectivity index is 0.00000280. The molecule has 0 radical (unpaired) electrons. The normalized spacial score (nSPS) is 12.4. The van der Waals surface area contributed by atoms with Crippen molar-refractivity contribution in [3.05, 3.63) is 53.6 Å². The standard InChI is InChI=1S/C21H25N3O3.ClH/c22-17-6-3-15(4-7-17)11-12-23-20(25)2-1-13-27-18-8-9-19-16(14-18)5-10-21(26)24-19;/h3-4,6-9,14H,1-2,5,10-13,22H2,(H,23,25)(H,24,26);1H. The molecule has 150 valence electrons. The number of hydrogen-bond acceptors (Lipinski definition) is 4. The molecule has 0 aliphatic carbocycles. The van der Waals surface area contributed by atoms with E-state index in [0.29, 0.717) is 32.4 Å². The Morgan fingerprint density at radius 1 is 1.14 bits per heavy atom. The maximum absolute atomic E-state index is 11.9. The molecule has 1 heterocycles. The number of benzene rings is 2. The number of nitrogens with one attached hydrogen (secondary N) is 2. The number of ether oxygens (including phenoxy) is 1. The van der Waals surface area contributed by atoms with E-state index < -0.39 is 0 Å². The monoisotopic (exact) mass is 403 g/mol. The van der Waals surface area contributed by atoms with Crippen molar-refractivity contribution >= 4 is 35.6 Å². The smallest absolute Gasteiger partial charge is 0.224 e. The topological polar surface area (TPSA) is 93.4 Å². The quantitative estimate of drug-likeness (QED) is 0.466. The molecule has 4 N–H and O–H groups in total. The van der Waals surface area contributed by atoms with Crippen LogP contribution in [0.15, 0.2) is 42.5 Å². The van der Waals surface area contributed by atoms with Crippen LogP contribution < -0.4 is 21.1 Å². The Kier molecular flexibility index (Phi) is 8.14. The number of carbonyl (C=O) groups excluding carboxylic acids is 2. The van der Waals surface area contributed by atoms with E-state index in [1.54, 1.807) is 0 Å². The Labute approximate surface area is 171 Å². The van der Waals surface area contributed by atoms with Crippen LogP contribution in [0.4, 0.5) is 11.4 Å². The lowest BCUT2D eigenvalue weighted by molar-refractivity contribution is -0.121. The maximum Gasteiger partial charge on any atom is 0.224 e. The minimum absolute atomic E-state index is 0. The van der Waals surface area contributed by atoms with Gasteiger partial charge in [0.15, 0.2) is 0 Å². The Morgan fingerprint density at radius 3 is 2.71 bits per heavy atom. The molecule has 0 aromatic heterocycles. The molecular formula is C21H26ClN3O3. The molecule has 0 unspecified atom stereocenters. The van der Waals surface area contributed by atoms with Gasteiger partial charge in [-0.05, 0) is 60.7 Å². The summed E-state index contributed by atoms with van der Waals surface area (Å²) in [5.74, 6) is 0.856. The molecule has 2 aromatic carbocycles. The van der Waals surface area contributed by atoms with Crippen LogP contribution in [-0.4, -0.2) is 25.0 Å². The van der Waals surface area contributed by atoms with Gasteiger partial charge in [0.25, 0.3) is 0 Å². The van der Waals surface area contributed by atoms with Crippen LogP contribution in [0.2, 0.25) is 0 Å². The van der Waals surface area contributed by atoms with E-state index in [1.807, 2.05) is 42.5 Å². The van der Waals surface area contributed by atoms with Gasteiger partial charge in [0.1, 0.15) is 5.75 Å². The number of amides is 2. The first kappa shape index (κ1) is 21.6. The van der Waals surface area contributed by atoms with Gasteiger partial charge in [-0.25, -0.2) is 0 Å². The summed E-state index contributed by atoms with van der Waals surface area (Å²) in [6.45, 7) is 1.09. The van der Waals surface area contributed by atoms with Crippen molar-refractivity contribution in [2.24, 2.45) is 0 Å². The van der Waals surface area contributed by atoms with Crippen molar-refractivity contribution in [3.63, 3.8) is 0 Å². The van der Waals surface area contributed by atoms with Gasteiger partial charge in [-0.15, -0.1) is 12.4 Å². The molecule has 0 saturated carbocycles. The van der Waals surface area contributed by atoms with Crippen LogP contribution >= 0.6 is 12.4 Å². The highest BCUT2D eigenvalue weighted by Crippen LogP contribution is 2.26. The first-order valence-electron chi connectivity index (χ1n) is 9.27. The first-order valence-corrected chi connectivity index (χ1v) is 9.27. The zero-order valence-electron chi connectivity index (χ0n) is 15.7. The lowest BCUT2D eigenvalue weighted by Crippen LogP contribution is -2.25. The zero-order valence-corrected chi connectivity index (χ0v) is 16.5. The fraction of sp³-hybridized carbons (Fsp3) is 0.333. The number of aryl methyl sites for hydroxylation is 1. The SMILES string of the molecule is Cl.Nc1ccc(CCNC(=O)CCCOc2ccc3c(c2)CCC(=O)N3)cc1. The van der Waals surface area contributed by atoms with E-state index in [2.05, 4.69) is 10.6 Å². The molecular weight excluding hydrogens is 378 g/mol. The minimum atomic E-state index is 0. The van der Waals surface area contributed by atoms with E-state index >= 15 is 0 Å². The molecule has 1 aliphatic heterocycles. The molecule has 3 rings (SSSR count). The molecule has 0 saturated heterocycles. The van der Waals surface area contributed by atoms with Crippen molar-refractivity contribution in [2.75, 3.05) is 24.2 Å². The van der Waals surface area contributed by atoms with Crippen LogP contribution in [-0.2, 0) is 22.4 Å². The lowest BCUT2D eigenvalue weighted by atomic mass is 10.0. The summed E-state index contributed by atoms with van der Waals surface area (Å²) >= 11 is 0. The van der Waals surface area contributed by atoms with Crippen LogP contribution in [0.5, 0.6) is 5.75 Å². The van der Waals surface area contributed by atoms with Gasteiger partial charge in [-0.2, -0.15) is 0 Å². The van der Waals surface area contributed by atoms with Gasteiger partial charge in [-0.1, -0.05) is 12.1 Å². The molecule has 0 atom stereocenters. The van der Waals surface area contributed by atoms with Crippen LogP contribution in [0.1, 0.15) is 30.4 Å². The number of hydrogen-bond donors (Lipinski definition) is 3. The maximum atomic E-state index is 11.9. The van der Waals surface area contributed by atoms with E-state index in [9.17, 15) is 9.59 Å². The molecule has 0 fully saturated rings. The number of nitrogen functional groups attached to an aromatic ring is 1. The third-order valence-corrected chi connectivity index (χ3v) is 4.50. The highest BCUT2D eigenvalue weighted by Gasteiger charge is 2.15. The Bertz CT molecular complexity index is 809.